The molecule has 2 heterocycles. The molecular weight excluding hydrogens is 254 g/mol. The van der Waals surface area contributed by atoms with Gasteiger partial charge in [-0.1, -0.05) is 13.0 Å². The van der Waals surface area contributed by atoms with Crippen molar-refractivity contribution in [2.45, 2.75) is 26.2 Å². The summed E-state index contributed by atoms with van der Waals surface area (Å²) in [4.78, 5) is 17.6. The van der Waals surface area contributed by atoms with Crippen molar-refractivity contribution < 1.29 is 9.90 Å². The number of carboxylic acids is 1. The normalized spacial score (nSPS) is 12.6. The van der Waals surface area contributed by atoms with Gasteiger partial charge in [-0.25, -0.2) is 4.98 Å². The molecule has 0 bridgehead atoms. The molecule has 0 amide bonds. The second kappa shape index (κ2) is 4.98. The minimum atomic E-state index is -0.767. The van der Waals surface area contributed by atoms with Crippen LogP contribution in [0.3, 0.4) is 0 Å². The van der Waals surface area contributed by atoms with Gasteiger partial charge >= 0.3 is 5.97 Å². The summed E-state index contributed by atoms with van der Waals surface area (Å²) in [5.74, 6) is -1.20. The van der Waals surface area contributed by atoms with E-state index in [9.17, 15) is 9.90 Å². The van der Waals surface area contributed by atoms with Gasteiger partial charge in [0, 0.05) is 4.88 Å². The number of thiazole rings is 1. The highest BCUT2D eigenvalue weighted by atomic mass is 32.1. The van der Waals surface area contributed by atoms with Gasteiger partial charge in [0.1, 0.15) is 5.01 Å². The maximum atomic E-state index is 11.2. The molecule has 5 heteroatoms. The first-order valence-electron chi connectivity index (χ1n) is 5.37. The Morgan fingerprint density at radius 1 is 1.59 bits per heavy atom. The van der Waals surface area contributed by atoms with Crippen molar-refractivity contribution in [3.05, 3.63) is 28.1 Å². The molecule has 0 radical (unpaired) electrons. The highest BCUT2D eigenvalue weighted by Gasteiger charge is 2.23. The molecular formula is C12H13NO2S2. The van der Waals surface area contributed by atoms with Gasteiger partial charge in [-0.3, -0.25) is 4.79 Å². The van der Waals surface area contributed by atoms with E-state index in [4.69, 9.17) is 0 Å². The number of carboxylic acid groups (broad SMARTS) is 1. The van der Waals surface area contributed by atoms with Crippen LogP contribution < -0.4 is 0 Å². The summed E-state index contributed by atoms with van der Waals surface area (Å²) in [7, 11) is 0. The van der Waals surface area contributed by atoms with Gasteiger partial charge in [-0.05, 0) is 24.8 Å². The van der Waals surface area contributed by atoms with E-state index in [1.54, 1.807) is 11.3 Å². The monoisotopic (exact) mass is 267 g/mol. The predicted octanol–water partition coefficient (Wildman–Crippen LogP) is 3.76. The fraction of sp³-hybridized carbons (Fsp3) is 0.333. The van der Waals surface area contributed by atoms with Gasteiger partial charge in [0.2, 0.25) is 0 Å². The Kier molecular flexibility index (Phi) is 3.59. The highest BCUT2D eigenvalue weighted by Crippen LogP contribution is 2.35. The number of thiophene rings is 1. The van der Waals surface area contributed by atoms with Crippen molar-refractivity contribution in [2.24, 2.45) is 0 Å². The zero-order valence-electron chi connectivity index (χ0n) is 9.64. The molecule has 2 rings (SSSR count). The van der Waals surface area contributed by atoms with Crippen LogP contribution in [0, 0.1) is 6.92 Å². The largest absolute Gasteiger partial charge is 0.481 e. The third kappa shape index (κ3) is 2.40. The van der Waals surface area contributed by atoms with Gasteiger partial charge < -0.3 is 5.11 Å². The third-order valence-corrected chi connectivity index (χ3v) is 4.90. The van der Waals surface area contributed by atoms with Gasteiger partial charge in [0.15, 0.2) is 0 Å². The topological polar surface area (TPSA) is 50.2 Å². The average molecular weight is 267 g/mol. The Morgan fingerprint density at radius 2 is 2.35 bits per heavy atom. The molecule has 3 nitrogen and oxygen atoms in total. The van der Waals surface area contributed by atoms with Crippen molar-refractivity contribution in [1.82, 2.24) is 4.98 Å². The molecule has 0 aromatic carbocycles. The summed E-state index contributed by atoms with van der Waals surface area (Å²) in [6, 6.07) is 3.99. The Hall–Kier alpha value is -1.20. The molecule has 0 aliphatic rings. The fourth-order valence-electron chi connectivity index (χ4n) is 1.71. The Bertz CT molecular complexity index is 517. The van der Waals surface area contributed by atoms with Crippen molar-refractivity contribution >= 4 is 28.6 Å². The van der Waals surface area contributed by atoms with Crippen molar-refractivity contribution in [3.8, 4) is 9.88 Å². The van der Waals surface area contributed by atoms with Gasteiger partial charge in [0.25, 0.3) is 0 Å². The van der Waals surface area contributed by atoms with E-state index in [2.05, 4.69) is 4.98 Å². The van der Waals surface area contributed by atoms with Crippen LogP contribution in [-0.2, 0) is 4.79 Å². The van der Waals surface area contributed by atoms with E-state index in [0.717, 1.165) is 20.5 Å². The number of carbonyl (C=O) groups is 1. The molecule has 2 aromatic rings. The SMILES string of the molecule is CCC(C(=O)O)c1sc(-c2cccs2)nc1C. The number of nitrogens with zero attached hydrogens (tertiary/aromatic N) is 1. The number of hydrogen-bond acceptors (Lipinski definition) is 4. The number of hydrogen-bond donors (Lipinski definition) is 1. The Labute approximate surface area is 108 Å². The van der Waals surface area contributed by atoms with E-state index in [1.165, 1.54) is 11.3 Å². The highest BCUT2D eigenvalue weighted by molar-refractivity contribution is 7.21. The standard InChI is InChI=1S/C12H13NO2S2/c1-3-8(12(14)15)10-7(2)13-11(17-10)9-5-4-6-16-9/h4-6,8H,3H2,1-2H3,(H,14,15). The lowest BCUT2D eigenvalue weighted by Gasteiger charge is -2.06. The zero-order chi connectivity index (χ0) is 12.4. The minimum absolute atomic E-state index is 0.429. The Morgan fingerprint density at radius 3 is 2.88 bits per heavy atom. The molecule has 90 valence electrons. The van der Waals surface area contributed by atoms with Crippen LogP contribution in [0.2, 0.25) is 0 Å². The fourth-order valence-corrected chi connectivity index (χ4v) is 3.75. The first-order chi connectivity index (χ1) is 8.13. The quantitative estimate of drug-likeness (QED) is 0.917. The molecule has 1 N–H and O–H groups in total. The number of rotatable bonds is 4. The first-order valence-corrected chi connectivity index (χ1v) is 7.07. The lowest BCUT2D eigenvalue weighted by Crippen LogP contribution is -2.09. The molecule has 0 saturated heterocycles. The Balaban J connectivity index is 2.40. The maximum absolute atomic E-state index is 11.2. The van der Waals surface area contributed by atoms with E-state index in [0.29, 0.717) is 6.42 Å². The van der Waals surface area contributed by atoms with Gasteiger partial charge in [0.05, 0.1) is 16.5 Å². The van der Waals surface area contributed by atoms with Gasteiger partial charge in [-0.2, -0.15) is 0 Å². The van der Waals surface area contributed by atoms with Crippen molar-refractivity contribution in [3.63, 3.8) is 0 Å². The van der Waals surface area contributed by atoms with Crippen LogP contribution in [0.15, 0.2) is 17.5 Å². The van der Waals surface area contributed by atoms with Crippen LogP contribution in [0.1, 0.15) is 29.8 Å². The van der Waals surface area contributed by atoms with Crippen molar-refractivity contribution in [2.75, 3.05) is 0 Å². The smallest absolute Gasteiger partial charge is 0.311 e. The number of aliphatic carboxylic acids is 1. The van der Waals surface area contributed by atoms with E-state index < -0.39 is 11.9 Å². The van der Waals surface area contributed by atoms with Crippen LogP contribution in [-0.4, -0.2) is 16.1 Å². The number of aryl methyl sites for hydroxylation is 1. The summed E-state index contributed by atoms with van der Waals surface area (Å²) in [5.41, 5.74) is 0.840. The summed E-state index contributed by atoms with van der Waals surface area (Å²) in [6.07, 6.45) is 0.599. The van der Waals surface area contributed by atoms with Crippen LogP contribution in [0.25, 0.3) is 9.88 Å². The number of aromatic nitrogens is 1. The molecule has 0 aliphatic carbocycles. The molecule has 0 saturated carbocycles. The van der Waals surface area contributed by atoms with Crippen LogP contribution in [0.4, 0.5) is 0 Å². The molecule has 0 fully saturated rings. The zero-order valence-corrected chi connectivity index (χ0v) is 11.3. The van der Waals surface area contributed by atoms with Gasteiger partial charge in [-0.15, -0.1) is 22.7 Å². The molecule has 1 atom stereocenters. The third-order valence-electron chi connectivity index (χ3n) is 2.59. The lowest BCUT2D eigenvalue weighted by molar-refractivity contribution is -0.138. The summed E-state index contributed by atoms with van der Waals surface area (Å²) in [6.45, 7) is 3.78. The minimum Gasteiger partial charge on any atom is -0.481 e. The summed E-state index contributed by atoms with van der Waals surface area (Å²) < 4.78 is 0. The second-order valence-corrected chi connectivity index (χ2v) is 5.72. The average Bonchev–Trinajstić information content (AvgIpc) is 2.89. The summed E-state index contributed by atoms with van der Waals surface area (Å²) in [5, 5.41) is 12.1. The second-order valence-electron chi connectivity index (χ2n) is 3.75. The van der Waals surface area contributed by atoms with Crippen LogP contribution >= 0.6 is 22.7 Å². The maximum Gasteiger partial charge on any atom is 0.311 e. The predicted molar refractivity (Wildman–Crippen MR) is 70.8 cm³/mol. The van der Waals surface area contributed by atoms with E-state index >= 15 is 0 Å². The van der Waals surface area contributed by atoms with Crippen LogP contribution in [0.5, 0.6) is 0 Å². The van der Waals surface area contributed by atoms with E-state index in [-0.39, 0.29) is 0 Å². The first kappa shape index (κ1) is 12.3. The molecule has 17 heavy (non-hydrogen) atoms. The lowest BCUT2D eigenvalue weighted by atomic mass is 10.0. The van der Waals surface area contributed by atoms with Crippen molar-refractivity contribution in [1.29, 1.82) is 0 Å². The molecule has 0 aliphatic heterocycles. The molecule has 2 aromatic heterocycles. The molecule has 1 unspecified atom stereocenters. The molecule has 0 spiro atoms. The summed E-state index contributed by atoms with van der Waals surface area (Å²) >= 11 is 3.12. The van der Waals surface area contributed by atoms with E-state index in [1.807, 2.05) is 31.4 Å².